The molecule has 4 nitrogen and oxygen atoms in total. The van der Waals surface area contributed by atoms with E-state index in [2.05, 4.69) is 5.32 Å². The number of amides is 1. The van der Waals surface area contributed by atoms with Crippen LogP contribution in [0.5, 0.6) is 11.5 Å². The van der Waals surface area contributed by atoms with Gasteiger partial charge in [-0.1, -0.05) is 24.3 Å². The van der Waals surface area contributed by atoms with E-state index in [0.29, 0.717) is 12.3 Å². The molecule has 4 heteroatoms. The average Bonchev–Trinajstić information content (AvgIpc) is 2.47. The lowest BCUT2D eigenvalue weighted by atomic mass is 10.1. The molecule has 1 amide bonds. The van der Waals surface area contributed by atoms with Gasteiger partial charge in [0.25, 0.3) is 0 Å². The minimum atomic E-state index is -0.465. The van der Waals surface area contributed by atoms with Crippen LogP contribution in [-0.2, 0) is 6.54 Å². The third-order valence-corrected chi connectivity index (χ3v) is 3.06. The average molecular weight is 299 g/mol. The number of nitrogens with one attached hydrogen (secondary N) is 1. The zero-order valence-corrected chi connectivity index (χ0v) is 13.1. The molecule has 0 heterocycles. The highest BCUT2D eigenvalue weighted by molar-refractivity contribution is 5.70. The lowest BCUT2D eigenvalue weighted by Crippen LogP contribution is -2.26. The molecular formula is C18H21NO3. The monoisotopic (exact) mass is 299 g/mol. The summed E-state index contributed by atoms with van der Waals surface area (Å²) in [5, 5.41) is 2.75. The van der Waals surface area contributed by atoms with E-state index in [1.165, 1.54) is 0 Å². The second-order valence-electron chi connectivity index (χ2n) is 5.31. The van der Waals surface area contributed by atoms with Crippen molar-refractivity contribution in [3.63, 3.8) is 0 Å². The van der Waals surface area contributed by atoms with Gasteiger partial charge in [-0.3, -0.25) is 0 Å². The van der Waals surface area contributed by atoms with Crippen LogP contribution in [0.25, 0.3) is 0 Å². The van der Waals surface area contributed by atoms with Crippen molar-refractivity contribution in [3.05, 3.63) is 59.7 Å². The minimum Gasteiger partial charge on any atom is -0.491 e. The van der Waals surface area contributed by atoms with E-state index >= 15 is 0 Å². The lowest BCUT2D eigenvalue weighted by molar-refractivity contribution is 0.200. The molecule has 0 spiro atoms. The topological polar surface area (TPSA) is 47.6 Å². The first-order chi connectivity index (χ1) is 10.5. The van der Waals surface area contributed by atoms with Crippen LogP contribution < -0.4 is 14.8 Å². The molecule has 0 fully saturated rings. The van der Waals surface area contributed by atoms with E-state index in [-0.39, 0.29) is 6.10 Å². The van der Waals surface area contributed by atoms with Crippen molar-refractivity contribution in [3.8, 4) is 11.5 Å². The van der Waals surface area contributed by atoms with Gasteiger partial charge in [0, 0.05) is 6.54 Å². The maximum Gasteiger partial charge on any atom is 0.412 e. The van der Waals surface area contributed by atoms with Crippen LogP contribution in [0.4, 0.5) is 4.79 Å². The van der Waals surface area contributed by atoms with Crippen LogP contribution >= 0.6 is 0 Å². The summed E-state index contributed by atoms with van der Waals surface area (Å²) in [4.78, 5) is 11.8. The normalized spacial score (nSPS) is 10.4. The largest absolute Gasteiger partial charge is 0.491 e. The molecule has 0 saturated carbocycles. The van der Waals surface area contributed by atoms with Crippen LogP contribution in [0.15, 0.2) is 48.5 Å². The molecule has 0 unspecified atom stereocenters. The molecule has 0 aliphatic heterocycles. The van der Waals surface area contributed by atoms with E-state index in [1.807, 2.05) is 57.2 Å². The SMILES string of the molecule is Cc1cc(OC(C)C)ccc1CNC(=O)Oc1ccccc1. The van der Waals surface area contributed by atoms with Crippen LogP contribution in [0, 0.1) is 6.92 Å². The first-order valence-corrected chi connectivity index (χ1v) is 7.31. The van der Waals surface area contributed by atoms with Crippen molar-refractivity contribution in [1.29, 1.82) is 0 Å². The van der Waals surface area contributed by atoms with Gasteiger partial charge in [0.05, 0.1) is 6.10 Å². The molecule has 116 valence electrons. The molecule has 0 aliphatic rings. The quantitative estimate of drug-likeness (QED) is 0.905. The molecule has 0 radical (unpaired) electrons. The summed E-state index contributed by atoms with van der Waals surface area (Å²) in [7, 11) is 0. The molecule has 0 aliphatic carbocycles. The molecule has 1 N–H and O–H groups in total. The summed E-state index contributed by atoms with van der Waals surface area (Å²) in [6, 6.07) is 14.8. The van der Waals surface area contributed by atoms with Crippen molar-refractivity contribution >= 4 is 6.09 Å². The molecule has 0 aromatic heterocycles. The Balaban J connectivity index is 1.90. The number of para-hydroxylation sites is 1. The molecule has 22 heavy (non-hydrogen) atoms. The maximum absolute atomic E-state index is 11.8. The van der Waals surface area contributed by atoms with E-state index < -0.39 is 6.09 Å². The number of hydrogen-bond acceptors (Lipinski definition) is 3. The molecule has 0 atom stereocenters. The fourth-order valence-electron chi connectivity index (χ4n) is 2.01. The van der Waals surface area contributed by atoms with Gasteiger partial charge >= 0.3 is 6.09 Å². The summed E-state index contributed by atoms with van der Waals surface area (Å²) in [6.07, 6.45) is -0.322. The number of carbonyl (C=O) groups is 1. The van der Waals surface area contributed by atoms with Gasteiger partial charge in [0.2, 0.25) is 0 Å². The van der Waals surface area contributed by atoms with Crippen LogP contribution in [-0.4, -0.2) is 12.2 Å². The third-order valence-electron chi connectivity index (χ3n) is 3.06. The van der Waals surface area contributed by atoms with Gasteiger partial charge < -0.3 is 14.8 Å². The predicted molar refractivity (Wildman–Crippen MR) is 86.2 cm³/mol. The fourth-order valence-corrected chi connectivity index (χ4v) is 2.01. The van der Waals surface area contributed by atoms with Gasteiger partial charge in [0.1, 0.15) is 11.5 Å². The van der Waals surface area contributed by atoms with E-state index in [9.17, 15) is 4.79 Å². The van der Waals surface area contributed by atoms with Crippen molar-refractivity contribution in [1.82, 2.24) is 5.32 Å². The van der Waals surface area contributed by atoms with E-state index in [4.69, 9.17) is 9.47 Å². The van der Waals surface area contributed by atoms with Crippen molar-refractivity contribution in [2.75, 3.05) is 0 Å². The number of benzene rings is 2. The molecule has 0 bridgehead atoms. The summed E-state index contributed by atoms with van der Waals surface area (Å²) in [5.41, 5.74) is 2.10. The van der Waals surface area contributed by atoms with E-state index in [1.54, 1.807) is 12.1 Å². The van der Waals surface area contributed by atoms with Crippen LogP contribution in [0.1, 0.15) is 25.0 Å². The van der Waals surface area contributed by atoms with Crippen LogP contribution in [0.2, 0.25) is 0 Å². The van der Waals surface area contributed by atoms with Gasteiger partial charge in [-0.25, -0.2) is 4.79 Å². The first kappa shape index (κ1) is 15.9. The molecular weight excluding hydrogens is 278 g/mol. The Kier molecular flexibility index (Phi) is 5.42. The summed E-state index contributed by atoms with van der Waals surface area (Å²) >= 11 is 0. The highest BCUT2D eigenvalue weighted by atomic mass is 16.6. The Morgan fingerprint density at radius 3 is 2.45 bits per heavy atom. The Bertz CT molecular complexity index is 623. The number of hydrogen-bond donors (Lipinski definition) is 1. The smallest absolute Gasteiger partial charge is 0.412 e. The zero-order valence-electron chi connectivity index (χ0n) is 13.1. The molecule has 2 aromatic rings. The van der Waals surface area contributed by atoms with Crippen molar-refractivity contribution in [2.45, 2.75) is 33.4 Å². The fraction of sp³-hybridized carbons (Fsp3) is 0.278. The first-order valence-electron chi connectivity index (χ1n) is 7.31. The standard InChI is InChI=1S/C18H21NO3/c1-13(2)21-17-10-9-15(14(3)11-17)12-19-18(20)22-16-7-5-4-6-8-16/h4-11,13H,12H2,1-3H3,(H,19,20). The highest BCUT2D eigenvalue weighted by Crippen LogP contribution is 2.18. The summed E-state index contributed by atoms with van der Waals surface area (Å²) in [5.74, 6) is 1.36. The Morgan fingerprint density at radius 2 is 1.82 bits per heavy atom. The number of aryl methyl sites for hydroxylation is 1. The second-order valence-corrected chi connectivity index (χ2v) is 5.31. The lowest BCUT2D eigenvalue weighted by Gasteiger charge is -2.13. The van der Waals surface area contributed by atoms with Crippen molar-refractivity contribution < 1.29 is 14.3 Å². The summed E-state index contributed by atoms with van der Waals surface area (Å²) < 4.78 is 10.8. The Labute approximate surface area is 131 Å². The number of rotatable bonds is 5. The third kappa shape index (κ3) is 4.81. The van der Waals surface area contributed by atoms with Crippen molar-refractivity contribution in [2.24, 2.45) is 0 Å². The number of ether oxygens (including phenoxy) is 2. The maximum atomic E-state index is 11.8. The van der Waals surface area contributed by atoms with E-state index in [0.717, 1.165) is 16.9 Å². The molecule has 2 rings (SSSR count). The minimum absolute atomic E-state index is 0.143. The Morgan fingerprint density at radius 1 is 1.09 bits per heavy atom. The Hall–Kier alpha value is -2.49. The zero-order chi connectivity index (χ0) is 15.9. The van der Waals surface area contributed by atoms with Gasteiger partial charge in [-0.2, -0.15) is 0 Å². The van der Waals surface area contributed by atoms with Gasteiger partial charge in [-0.15, -0.1) is 0 Å². The highest BCUT2D eigenvalue weighted by Gasteiger charge is 2.06. The number of carbonyl (C=O) groups excluding carboxylic acids is 1. The molecule has 2 aromatic carbocycles. The predicted octanol–water partition coefficient (Wildman–Crippen LogP) is 4.07. The second kappa shape index (κ2) is 7.50. The van der Waals surface area contributed by atoms with Crippen LogP contribution in [0.3, 0.4) is 0 Å². The van der Waals surface area contributed by atoms with Gasteiger partial charge in [-0.05, 0) is 56.2 Å². The summed E-state index contributed by atoms with van der Waals surface area (Å²) in [6.45, 7) is 6.39. The molecule has 0 saturated heterocycles. The van der Waals surface area contributed by atoms with Gasteiger partial charge in [0.15, 0.2) is 0 Å².